The van der Waals surface area contributed by atoms with E-state index in [4.69, 9.17) is 5.73 Å². The molecule has 3 nitrogen and oxygen atoms in total. The Labute approximate surface area is 113 Å². The van der Waals surface area contributed by atoms with Gasteiger partial charge in [-0.2, -0.15) is 0 Å². The molecule has 2 aromatic rings. The molecular formula is C13H13BrFN3. The van der Waals surface area contributed by atoms with Crippen molar-refractivity contribution in [3.63, 3.8) is 0 Å². The van der Waals surface area contributed by atoms with Crippen LogP contribution in [0.4, 0.5) is 4.39 Å². The second kappa shape index (κ2) is 5.12. The van der Waals surface area contributed by atoms with Gasteiger partial charge in [0.05, 0.1) is 0 Å². The smallest absolute Gasteiger partial charge is 0.159 e. The molecule has 0 aliphatic heterocycles. The zero-order chi connectivity index (χ0) is 13.3. The molecule has 0 saturated carbocycles. The summed E-state index contributed by atoms with van der Waals surface area (Å²) in [5, 5.41) is 0. The van der Waals surface area contributed by atoms with Gasteiger partial charge in [-0.1, -0.05) is 15.9 Å². The minimum absolute atomic E-state index is 0.318. The Balaban J connectivity index is 2.58. The van der Waals surface area contributed by atoms with Crippen molar-refractivity contribution in [1.29, 1.82) is 0 Å². The fourth-order valence-corrected chi connectivity index (χ4v) is 2.31. The summed E-state index contributed by atoms with van der Waals surface area (Å²) in [6, 6.07) is 4.61. The van der Waals surface area contributed by atoms with Crippen LogP contribution in [0.1, 0.15) is 17.0 Å². The number of hydrogen-bond donors (Lipinski definition) is 1. The molecule has 2 N–H and O–H groups in total. The number of benzene rings is 1. The fraction of sp³-hybridized carbons (Fsp3) is 0.231. The maximum Gasteiger partial charge on any atom is 0.159 e. The predicted octanol–water partition coefficient (Wildman–Crippen LogP) is 3.12. The van der Waals surface area contributed by atoms with Gasteiger partial charge >= 0.3 is 0 Å². The number of halogens is 2. The van der Waals surface area contributed by atoms with Crippen LogP contribution in [0.15, 0.2) is 22.7 Å². The quantitative estimate of drug-likeness (QED) is 0.927. The highest BCUT2D eigenvalue weighted by Crippen LogP contribution is 2.23. The first-order valence-corrected chi connectivity index (χ1v) is 6.31. The second-order valence-corrected chi connectivity index (χ2v) is 4.97. The minimum atomic E-state index is -0.318. The van der Waals surface area contributed by atoms with Gasteiger partial charge in [0, 0.05) is 33.5 Å². The van der Waals surface area contributed by atoms with Gasteiger partial charge in [-0.15, -0.1) is 0 Å². The number of nitrogens with two attached hydrogens (primary N) is 1. The third-order valence-electron chi connectivity index (χ3n) is 2.75. The Hall–Kier alpha value is -1.33. The summed E-state index contributed by atoms with van der Waals surface area (Å²) in [6.07, 6.45) is 0. The van der Waals surface area contributed by atoms with Crippen molar-refractivity contribution in [2.75, 3.05) is 0 Å². The Bertz CT molecular complexity index is 556. The molecule has 1 heterocycles. The van der Waals surface area contributed by atoms with Crippen LogP contribution in [-0.2, 0) is 6.54 Å². The van der Waals surface area contributed by atoms with Crippen LogP contribution < -0.4 is 5.73 Å². The Kier molecular flexibility index (Phi) is 3.73. The van der Waals surface area contributed by atoms with Crippen molar-refractivity contribution in [3.05, 3.63) is 45.4 Å². The molecule has 0 amide bonds. The number of hydrogen-bond acceptors (Lipinski definition) is 3. The maximum absolute atomic E-state index is 13.4. The van der Waals surface area contributed by atoms with E-state index in [1.54, 1.807) is 6.07 Å². The van der Waals surface area contributed by atoms with Gasteiger partial charge in [-0.25, -0.2) is 14.4 Å². The molecular weight excluding hydrogens is 297 g/mol. The third-order valence-corrected chi connectivity index (χ3v) is 3.20. The molecule has 0 aliphatic rings. The molecule has 94 valence electrons. The molecule has 1 aromatic heterocycles. The molecule has 5 heteroatoms. The van der Waals surface area contributed by atoms with Crippen molar-refractivity contribution in [2.24, 2.45) is 5.73 Å². The van der Waals surface area contributed by atoms with E-state index < -0.39 is 0 Å². The van der Waals surface area contributed by atoms with Crippen LogP contribution in [0, 0.1) is 19.7 Å². The lowest BCUT2D eigenvalue weighted by atomic mass is 10.1. The van der Waals surface area contributed by atoms with E-state index in [9.17, 15) is 4.39 Å². The summed E-state index contributed by atoms with van der Waals surface area (Å²) in [5.74, 6) is 0.198. The van der Waals surface area contributed by atoms with Crippen LogP contribution in [0.2, 0.25) is 0 Å². The highest BCUT2D eigenvalue weighted by Gasteiger charge is 2.10. The molecule has 0 unspecified atom stereocenters. The molecule has 0 bridgehead atoms. The van der Waals surface area contributed by atoms with Gasteiger partial charge in [0.25, 0.3) is 0 Å². The normalized spacial score (nSPS) is 10.7. The number of aryl methyl sites for hydroxylation is 2. The predicted molar refractivity (Wildman–Crippen MR) is 72.5 cm³/mol. The lowest BCUT2D eigenvalue weighted by molar-refractivity contribution is 0.627. The molecule has 0 spiro atoms. The molecule has 1 aromatic carbocycles. The van der Waals surface area contributed by atoms with E-state index in [1.807, 2.05) is 13.8 Å². The van der Waals surface area contributed by atoms with Crippen molar-refractivity contribution in [3.8, 4) is 11.4 Å². The standard InChI is InChI=1S/C13H13BrFN3/c1-7-12(6-16)8(2)18-13(17-7)9-3-10(14)5-11(15)4-9/h3-5H,6,16H2,1-2H3. The number of nitrogens with zero attached hydrogens (tertiary/aromatic N) is 2. The molecule has 0 atom stereocenters. The summed E-state index contributed by atoms with van der Waals surface area (Å²) in [6.45, 7) is 4.17. The summed E-state index contributed by atoms with van der Waals surface area (Å²) < 4.78 is 14.0. The molecule has 0 radical (unpaired) electrons. The van der Waals surface area contributed by atoms with Gasteiger partial charge in [-0.3, -0.25) is 0 Å². The van der Waals surface area contributed by atoms with E-state index in [2.05, 4.69) is 25.9 Å². The number of rotatable bonds is 2. The Morgan fingerprint density at radius 3 is 2.28 bits per heavy atom. The summed E-state index contributed by atoms with van der Waals surface area (Å²) in [7, 11) is 0. The fourth-order valence-electron chi connectivity index (χ4n) is 1.85. The first-order valence-electron chi connectivity index (χ1n) is 5.52. The Morgan fingerprint density at radius 1 is 1.17 bits per heavy atom. The lowest BCUT2D eigenvalue weighted by Gasteiger charge is -2.09. The molecule has 0 saturated heterocycles. The Morgan fingerprint density at radius 2 is 1.78 bits per heavy atom. The number of aromatic nitrogens is 2. The molecule has 0 aliphatic carbocycles. The maximum atomic E-state index is 13.4. The van der Waals surface area contributed by atoms with E-state index >= 15 is 0 Å². The van der Waals surface area contributed by atoms with Crippen molar-refractivity contribution < 1.29 is 4.39 Å². The minimum Gasteiger partial charge on any atom is -0.326 e. The summed E-state index contributed by atoms with van der Waals surface area (Å²) in [4.78, 5) is 8.76. The van der Waals surface area contributed by atoms with Crippen molar-refractivity contribution in [2.45, 2.75) is 20.4 Å². The van der Waals surface area contributed by atoms with Crippen molar-refractivity contribution in [1.82, 2.24) is 9.97 Å². The van der Waals surface area contributed by atoms with Crippen LogP contribution in [0.3, 0.4) is 0 Å². The lowest BCUT2D eigenvalue weighted by Crippen LogP contribution is -2.07. The van der Waals surface area contributed by atoms with Gasteiger partial charge in [0.2, 0.25) is 0 Å². The highest BCUT2D eigenvalue weighted by atomic mass is 79.9. The monoisotopic (exact) mass is 309 g/mol. The zero-order valence-corrected chi connectivity index (χ0v) is 11.8. The highest BCUT2D eigenvalue weighted by molar-refractivity contribution is 9.10. The first-order chi connectivity index (χ1) is 8.51. The van der Waals surface area contributed by atoms with E-state index in [0.29, 0.717) is 22.4 Å². The van der Waals surface area contributed by atoms with E-state index in [0.717, 1.165) is 17.0 Å². The topological polar surface area (TPSA) is 51.8 Å². The first kappa shape index (κ1) is 13.1. The molecule has 0 fully saturated rings. The van der Waals surface area contributed by atoms with Gasteiger partial charge in [0.1, 0.15) is 5.82 Å². The summed E-state index contributed by atoms with van der Waals surface area (Å²) in [5.41, 5.74) is 8.90. The third kappa shape index (κ3) is 2.57. The van der Waals surface area contributed by atoms with E-state index in [1.165, 1.54) is 12.1 Å². The van der Waals surface area contributed by atoms with Crippen LogP contribution in [0.5, 0.6) is 0 Å². The SMILES string of the molecule is Cc1nc(-c2cc(F)cc(Br)c2)nc(C)c1CN. The van der Waals surface area contributed by atoms with Crippen molar-refractivity contribution >= 4 is 15.9 Å². The van der Waals surface area contributed by atoms with Crippen LogP contribution in [0.25, 0.3) is 11.4 Å². The van der Waals surface area contributed by atoms with Crippen LogP contribution >= 0.6 is 15.9 Å². The van der Waals surface area contributed by atoms with Gasteiger partial charge in [-0.05, 0) is 32.0 Å². The molecule has 2 rings (SSSR count). The average molecular weight is 310 g/mol. The second-order valence-electron chi connectivity index (χ2n) is 4.06. The average Bonchev–Trinajstić information content (AvgIpc) is 2.27. The van der Waals surface area contributed by atoms with Gasteiger partial charge in [0.15, 0.2) is 5.82 Å². The zero-order valence-electron chi connectivity index (χ0n) is 10.2. The van der Waals surface area contributed by atoms with Gasteiger partial charge < -0.3 is 5.73 Å². The summed E-state index contributed by atoms with van der Waals surface area (Å²) >= 11 is 3.26. The molecule has 18 heavy (non-hydrogen) atoms. The van der Waals surface area contributed by atoms with Crippen LogP contribution in [-0.4, -0.2) is 9.97 Å². The van der Waals surface area contributed by atoms with E-state index in [-0.39, 0.29) is 5.82 Å². The largest absolute Gasteiger partial charge is 0.326 e.